The molecule has 1 aliphatic heterocycles. The highest BCUT2D eigenvalue weighted by Gasteiger charge is 2.39. The van der Waals surface area contributed by atoms with Gasteiger partial charge >= 0.3 is 0 Å². The zero-order valence-corrected chi connectivity index (χ0v) is 11.2. The van der Waals surface area contributed by atoms with Crippen LogP contribution in [0.4, 0.5) is 0 Å². The van der Waals surface area contributed by atoms with Crippen molar-refractivity contribution in [2.24, 2.45) is 5.92 Å². The van der Waals surface area contributed by atoms with Crippen LogP contribution < -0.4 is 0 Å². The van der Waals surface area contributed by atoms with E-state index in [0.717, 1.165) is 24.8 Å². The molecule has 0 aromatic heterocycles. The minimum Gasteiger partial charge on any atom is -0.472 e. The van der Waals surface area contributed by atoms with E-state index in [2.05, 4.69) is 18.2 Å². The zero-order chi connectivity index (χ0) is 13.5. The molecule has 0 amide bonds. The van der Waals surface area contributed by atoms with Gasteiger partial charge in [0.1, 0.15) is 0 Å². The lowest BCUT2D eigenvalue weighted by Gasteiger charge is -2.32. The van der Waals surface area contributed by atoms with Gasteiger partial charge in [-0.1, -0.05) is 24.3 Å². The standard InChI is InChI=1S/C18H16O2/c19-17-10-13-8-9-20-11-16(13)15-7-3-5-12-4-1-2-6-14(12)18(15)17/h1-2,4,6,8-11,15,18H,3,5,7H2. The lowest BCUT2D eigenvalue weighted by molar-refractivity contribution is -0.117. The molecule has 1 aromatic rings. The minimum atomic E-state index is -0.0289. The number of hydrogen-bond donors (Lipinski definition) is 0. The van der Waals surface area contributed by atoms with Gasteiger partial charge in [0.25, 0.3) is 0 Å². The second kappa shape index (κ2) is 4.48. The number of ketones is 1. The van der Waals surface area contributed by atoms with Gasteiger partial charge in [-0.3, -0.25) is 4.79 Å². The molecule has 100 valence electrons. The molecule has 20 heavy (non-hydrogen) atoms. The SMILES string of the molecule is O=C1C=C2C=COC=C2C2CCCc3ccccc3C12. The number of rotatable bonds is 0. The summed E-state index contributed by atoms with van der Waals surface area (Å²) >= 11 is 0. The first-order chi connectivity index (χ1) is 9.84. The molecule has 2 atom stereocenters. The number of carbonyl (C=O) groups is 1. The molecule has 0 bridgehead atoms. The van der Waals surface area contributed by atoms with Crippen LogP contribution >= 0.6 is 0 Å². The summed E-state index contributed by atoms with van der Waals surface area (Å²) in [6, 6.07) is 8.39. The second-order valence-electron chi connectivity index (χ2n) is 5.69. The van der Waals surface area contributed by atoms with E-state index in [0.29, 0.717) is 0 Å². The first kappa shape index (κ1) is 11.7. The Morgan fingerprint density at radius 2 is 2.10 bits per heavy atom. The summed E-state index contributed by atoms with van der Waals surface area (Å²) < 4.78 is 5.36. The maximum absolute atomic E-state index is 12.6. The molecular weight excluding hydrogens is 248 g/mol. The van der Waals surface area contributed by atoms with Crippen LogP contribution in [-0.4, -0.2) is 5.78 Å². The molecule has 2 heteroatoms. The molecule has 0 spiro atoms. The van der Waals surface area contributed by atoms with E-state index in [4.69, 9.17) is 4.74 Å². The fraction of sp³-hybridized carbons (Fsp3) is 0.278. The third kappa shape index (κ3) is 1.68. The Kier molecular flexibility index (Phi) is 2.62. The molecule has 1 heterocycles. The molecule has 0 fully saturated rings. The number of carbonyl (C=O) groups excluding carboxylic acids is 1. The van der Waals surface area contributed by atoms with Crippen LogP contribution in [0.5, 0.6) is 0 Å². The van der Waals surface area contributed by atoms with Crippen LogP contribution in [0.15, 0.2) is 60.1 Å². The summed E-state index contributed by atoms with van der Waals surface area (Å²) in [5.41, 5.74) is 4.76. The van der Waals surface area contributed by atoms with Gasteiger partial charge in [0.15, 0.2) is 5.78 Å². The Morgan fingerprint density at radius 1 is 1.20 bits per heavy atom. The monoisotopic (exact) mass is 264 g/mol. The smallest absolute Gasteiger partial charge is 0.164 e. The summed E-state index contributed by atoms with van der Waals surface area (Å²) in [6.07, 6.45) is 10.4. The number of aryl methyl sites for hydroxylation is 1. The summed E-state index contributed by atoms with van der Waals surface area (Å²) in [5.74, 6) is 0.470. The Hall–Kier alpha value is -2.09. The van der Waals surface area contributed by atoms with E-state index >= 15 is 0 Å². The molecule has 0 saturated carbocycles. The molecule has 2 nitrogen and oxygen atoms in total. The third-order valence-electron chi connectivity index (χ3n) is 4.61. The van der Waals surface area contributed by atoms with Gasteiger partial charge in [0, 0.05) is 5.92 Å². The summed E-state index contributed by atoms with van der Waals surface area (Å²) in [6.45, 7) is 0. The molecule has 0 saturated heterocycles. The first-order valence-electron chi connectivity index (χ1n) is 7.20. The van der Waals surface area contributed by atoms with Gasteiger partial charge in [0.2, 0.25) is 0 Å². The van der Waals surface area contributed by atoms with E-state index < -0.39 is 0 Å². The molecule has 0 radical (unpaired) electrons. The normalized spacial score (nSPS) is 27.3. The maximum Gasteiger partial charge on any atom is 0.164 e. The van der Waals surface area contributed by atoms with Crippen molar-refractivity contribution in [3.8, 4) is 0 Å². The van der Waals surface area contributed by atoms with Crippen LogP contribution in [0.2, 0.25) is 0 Å². The van der Waals surface area contributed by atoms with E-state index in [1.807, 2.05) is 18.4 Å². The number of allylic oxidation sites excluding steroid dienone is 4. The van der Waals surface area contributed by atoms with Gasteiger partial charge < -0.3 is 4.74 Å². The fourth-order valence-corrected chi connectivity index (χ4v) is 3.71. The third-order valence-corrected chi connectivity index (χ3v) is 4.61. The van der Waals surface area contributed by atoms with E-state index in [1.54, 1.807) is 12.3 Å². The molecular formula is C18H16O2. The number of ether oxygens (including phenoxy) is 1. The lowest BCUT2D eigenvalue weighted by Crippen LogP contribution is -2.27. The molecule has 3 aliphatic rings. The van der Waals surface area contributed by atoms with E-state index in [9.17, 15) is 4.79 Å². The minimum absolute atomic E-state index is 0.0289. The molecule has 1 aromatic carbocycles. The van der Waals surface area contributed by atoms with Crippen molar-refractivity contribution in [1.29, 1.82) is 0 Å². The van der Waals surface area contributed by atoms with E-state index in [1.165, 1.54) is 16.7 Å². The fourth-order valence-electron chi connectivity index (χ4n) is 3.71. The predicted octanol–water partition coefficient (Wildman–Crippen LogP) is 3.66. The van der Waals surface area contributed by atoms with Crippen molar-refractivity contribution in [2.75, 3.05) is 0 Å². The lowest BCUT2D eigenvalue weighted by atomic mass is 9.71. The average Bonchev–Trinajstić information content (AvgIpc) is 2.67. The average molecular weight is 264 g/mol. The maximum atomic E-state index is 12.6. The van der Waals surface area contributed by atoms with Crippen molar-refractivity contribution in [3.05, 3.63) is 71.2 Å². The largest absolute Gasteiger partial charge is 0.472 e. The van der Waals surface area contributed by atoms with Crippen molar-refractivity contribution in [3.63, 3.8) is 0 Å². The summed E-state index contributed by atoms with van der Waals surface area (Å²) in [5, 5.41) is 0. The van der Waals surface area contributed by atoms with Crippen molar-refractivity contribution in [2.45, 2.75) is 25.2 Å². The van der Waals surface area contributed by atoms with Crippen LogP contribution in [0.1, 0.15) is 29.9 Å². The van der Waals surface area contributed by atoms with Crippen molar-refractivity contribution < 1.29 is 9.53 Å². The summed E-state index contributed by atoms with van der Waals surface area (Å²) in [7, 11) is 0. The van der Waals surface area contributed by atoms with E-state index in [-0.39, 0.29) is 17.6 Å². The van der Waals surface area contributed by atoms with Crippen LogP contribution in [0.3, 0.4) is 0 Å². The van der Waals surface area contributed by atoms with Gasteiger partial charge in [0.05, 0.1) is 18.4 Å². The Morgan fingerprint density at radius 3 is 3.05 bits per heavy atom. The number of benzene rings is 1. The van der Waals surface area contributed by atoms with Crippen LogP contribution in [0.25, 0.3) is 0 Å². The highest BCUT2D eigenvalue weighted by atomic mass is 16.5. The highest BCUT2D eigenvalue weighted by Crippen LogP contribution is 2.45. The van der Waals surface area contributed by atoms with Crippen molar-refractivity contribution >= 4 is 5.78 Å². The molecule has 0 N–H and O–H groups in total. The Labute approximate surface area is 118 Å². The molecule has 2 unspecified atom stereocenters. The molecule has 2 aliphatic carbocycles. The van der Waals surface area contributed by atoms with Gasteiger partial charge in [-0.25, -0.2) is 0 Å². The highest BCUT2D eigenvalue weighted by molar-refractivity contribution is 5.99. The topological polar surface area (TPSA) is 26.3 Å². The Bertz CT molecular complexity index is 664. The molecule has 4 rings (SSSR count). The quantitative estimate of drug-likeness (QED) is 0.715. The zero-order valence-electron chi connectivity index (χ0n) is 11.2. The van der Waals surface area contributed by atoms with Gasteiger partial charge in [-0.05, 0) is 53.7 Å². The van der Waals surface area contributed by atoms with Gasteiger partial charge in [-0.15, -0.1) is 0 Å². The van der Waals surface area contributed by atoms with Crippen LogP contribution in [-0.2, 0) is 16.0 Å². The van der Waals surface area contributed by atoms with Crippen LogP contribution in [0, 0.1) is 5.92 Å². The first-order valence-corrected chi connectivity index (χ1v) is 7.20. The van der Waals surface area contributed by atoms with Crippen molar-refractivity contribution in [1.82, 2.24) is 0 Å². The van der Waals surface area contributed by atoms with Gasteiger partial charge in [-0.2, -0.15) is 0 Å². The summed E-state index contributed by atoms with van der Waals surface area (Å²) in [4.78, 5) is 12.6. The predicted molar refractivity (Wildman–Crippen MR) is 77.0 cm³/mol. The Balaban J connectivity index is 1.89. The second-order valence-corrected chi connectivity index (χ2v) is 5.69. The number of hydrogen-bond acceptors (Lipinski definition) is 2. The number of fused-ring (bicyclic) bond motifs is 5.